The topological polar surface area (TPSA) is 79.7 Å². The normalized spacial score (nSPS) is 16.5. The third kappa shape index (κ3) is 5.46. The highest BCUT2D eigenvalue weighted by Gasteiger charge is 2.46. The average molecular weight is 519 g/mol. The van der Waals surface area contributed by atoms with Crippen LogP contribution in [0.15, 0.2) is 103 Å². The van der Waals surface area contributed by atoms with Crippen molar-refractivity contribution in [3.8, 4) is 5.75 Å². The van der Waals surface area contributed by atoms with Gasteiger partial charge < -0.3 is 14.7 Å². The highest BCUT2D eigenvalue weighted by molar-refractivity contribution is 6.46. The summed E-state index contributed by atoms with van der Waals surface area (Å²) >= 11 is 0. The summed E-state index contributed by atoms with van der Waals surface area (Å²) in [5, 5.41) is 11.5. The highest BCUT2D eigenvalue weighted by atomic mass is 16.5. The molecule has 1 N–H and O–H groups in total. The van der Waals surface area contributed by atoms with E-state index in [9.17, 15) is 14.7 Å². The zero-order chi connectivity index (χ0) is 27.4. The van der Waals surface area contributed by atoms with Crippen LogP contribution in [0.25, 0.3) is 5.76 Å². The number of ether oxygens (including phenoxy) is 1. The van der Waals surface area contributed by atoms with Gasteiger partial charge in [-0.05, 0) is 65.4 Å². The lowest BCUT2D eigenvalue weighted by molar-refractivity contribution is -0.140. The Labute approximate surface area is 228 Å². The van der Waals surface area contributed by atoms with Crippen LogP contribution in [0.4, 0.5) is 0 Å². The summed E-state index contributed by atoms with van der Waals surface area (Å²) < 4.78 is 5.98. The number of amides is 1. The maximum Gasteiger partial charge on any atom is 0.295 e. The van der Waals surface area contributed by atoms with Crippen LogP contribution in [-0.4, -0.2) is 26.7 Å². The Morgan fingerprint density at radius 2 is 1.67 bits per heavy atom. The third-order valence-electron chi connectivity index (χ3n) is 7.00. The molecule has 3 aromatic carbocycles. The minimum atomic E-state index is -0.731. The first kappa shape index (κ1) is 25.9. The largest absolute Gasteiger partial charge is 0.507 e. The van der Waals surface area contributed by atoms with Gasteiger partial charge in [0, 0.05) is 24.5 Å². The molecule has 0 bridgehead atoms. The van der Waals surface area contributed by atoms with Crippen LogP contribution in [0.1, 0.15) is 46.3 Å². The molecule has 0 radical (unpaired) electrons. The van der Waals surface area contributed by atoms with E-state index in [1.807, 2.05) is 67.6 Å². The number of Topliss-reactive ketones (excluding diaryl/α,β-unsaturated/α-hetero) is 1. The fourth-order valence-corrected chi connectivity index (χ4v) is 4.86. The monoisotopic (exact) mass is 518 g/mol. The molecule has 6 nitrogen and oxygen atoms in total. The average Bonchev–Trinajstić information content (AvgIpc) is 3.22. The Kier molecular flexibility index (Phi) is 7.55. The lowest BCUT2D eigenvalue weighted by atomic mass is 9.94. The van der Waals surface area contributed by atoms with Gasteiger partial charge in [-0.25, -0.2) is 0 Å². The van der Waals surface area contributed by atoms with Gasteiger partial charge in [-0.15, -0.1) is 0 Å². The molecule has 39 heavy (non-hydrogen) atoms. The number of rotatable bonds is 8. The number of aromatic nitrogens is 1. The summed E-state index contributed by atoms with van der Waals surface area (Å²) in [5.74, 6) is -0.879. The number of nitrogens with zero attached hydrogens (tertiary/aromatic N) is 2. The van der Waals surface area contributed by atoms with Crippen LogP contribution in [0, 0.1) is 6.92 Å². The number of carbonyl (C=O) groups excluding carboxylic acids is 2. The summed E-state index contributed by atoms with van der Waals surface area (Å²) in [6.07, 6.45) is 4.20. The van der Waals surface area contributed by atoms with E-state index < -0.39 is 17.7 Å². The smallest absolute Gasteiger partial charge is 0.295 e. The van der Waals surface area contributed by atoms with Crippen LogP contribution >= 0.6 is 0 Å². The van der Waals surface area contributed by atoms with Gasteiger partial charge in [0.25, 0.3) is 11.7 Å². The van der Waals surface area contributed by atoms with Crippen LogP contribution in [0.5, 0.6) is 5.75 Å². The zero-order valence-corrected chi connectivity index (χ0v) is 22.0. The predicted octanol–water partition coefficient (Wildman–Crippen LogP) is 6.15. The molecule has 0 saturated carbocycles. The standard InChI is InChI=1S/C33H30N2O4/c1-3-23-11-13-26(14-12-23)30-29(32(37)33(38)35(30)20-25-10-7-17-34-19-25)31(36)27-15-16-28(22(2)18-27)39-21-24-8-5-4-6-9-24/h4-19,30,36H,3,20-21H2,1-2H3/t30-/m1/s1. The first-order valence-electron chi connectivity index (χ1n) is 13.0. The summed E-state index contributed by atoms with van der Waals surface area (Å²) in [4.78, 5) is 32.3. The fourth-order valence-electron chi connectivity index (χ4n) is 4.86. The number of ketones is 1. The van der Waals surface area contributed by atoms with Crippen molar-refractivity contribution in [3.05, 3.63) is 136 Å². The quantitative estimate of drug-likeness (QED) is 0.172. The van der Waals surface area contributed by atoms with E-state index in [1.165, 1.54) is 4.90 Å². The van der Waals surface area contributed by atoms with Crippen molar-refractivity contribution in [3.63, 3.8) is 0 Å². The van der Waals surface area contributed by atoms with E-state index in [4.69, 9.17) is 4.74 Å². The van der Waals surface area contributed by atoms with Crippen LogP contribution in [0.2, 0.25) is 0 Å². The van der Waals surface area contributed by atoms with E-state index >= 15 is 0 Å². The summed E-state index contributed by atoms with van der Waals surface area (Å²) in [5.41, 5.74) is 5.08. The maximum absolute atomic E-state index is 13.4. The van der Waals surface area contributed by atoms with E-state index in [-0.39, 0.29) is 17.9 Å². The number of carbonyl (C=O) groups is 2. The van der Waals surface area contributed by atoms with Crippen molar-refractivity contribution < 1.29 is 19.4 Å². The van der Waals surface area contributed by atoms with Gasteiger partial charge in [-0.3, -0.25) is 14.6 Å². The van der Waals surface area contributed by atoms with Crippen molar-refractivity contribution in [2.75, 3.05) is 0 Å². The van der Waals surface area contributed by atoms with Crippen molar-refractivity contribution in [2.45, 2.75) is 39.5 Å². The van der Waals surface area contributed by atoms with Crippen LogP contribution in [0.3, 0.4) is 0 Å². The van der Waals surface area contributed by atoms with Gasteiger partial charge in [-0.2, -0.15) is 0 Å². The lowest BCUT2D eigenvalue weighted by Gasteiger charge is -2.25. The molecule has 5 rings (SSSR count). The maximum atomic E-state index is 13.4. The zero-order valence-electron chi connectivity index (χ0n) is 22.0. The number of aryl methyl sites for hydroxylation is 2. The second-order valence-corrected chi connectivity index (χ2v) is 9.64. The number of hydrogen-bond donors (Lipinski definition) is 1. The van der Waals surface area contributed by atoms with Gasteiger partial charge in [0.05, 0.1) is 11.6 Å². The molecule has 1 aliphatic heterocycles. The molecule has 0 unspecified atom stereocenters. The molecule has 1 saturated heterocycles. The van der Waals surface area contributed by atoms with Crippen molar-refractivity contribution in [1.29, 1.82) is 0 Å². The van der Waals surface area contributed by atoms with Crippen LogP contribution in [-0.2, 0) is 29.2 Å². The summed E-state index contributed by atoms with van der Waals surface area (Å²) in [6, 6.07) is 25.9. The van der Waals surface area contributed by atoms with Crippen molar-refractivity contribution in [2.24, 2.45) is 0 Å². The fraction of sp³-hybridized carbons (Fsp3) is 0.182. The van der Waals surface area contributed by atoms with Crippen LogP contribution < -0.4 is 4.74 Å². The van der Waals surface area contributed by atoms with Gasteiger partial charge in [-0.1, -0.05) is 67.6 Å². The molecule has 4 aromatic rings. The second kappa shape index (κ2) is 11.4. The first-order chi connectivity index (χ1) is 19.0. The lowest BCUT2D eigenvalue weighted by Crippen LogP contribution is -2.29. The number of hydrogen-bond acceptors (Lipinski definition) is 5. The third-order valence-corrected chi connectivity index (χ3v) is 7.00. The molecular formula is C33H30N2O4. The Morgan fingerprint density at radius 3 is 2.33 bits per heavy atom. The molecule has 6 heteroatoms. The Morgan fingerprint density at radius 1 is 0.923 bits per heavy atom. The minimum absolute atomic E-state index is 0.0745. The molecule has 1 aliphatic rings. The molecule has 1 atom stereocenters. The Balaban J connectivity index is 1.52. The molecule has 1 amide bonds. The Bertz CT molecular complexity index is 1510. The van der Waals surface area contributed by atoms with Crippen molar-refractivity contribution >= 4 is 17.4 Å². The van der Waals surface area contributed by atoms with E-state index in [2.05, 4.69) is 11.9 Å². The molecular weight excluding hydrogens is 488 g/mol. The SMILES string of the molecule is CCc1ccc([C@@H]2C(=C(O)c3ccc(OCc4ccccc4)c(C)c3)C(=O)C(=O)N2Cc2cccnc2)cc1. The summed E-state index contributed by atoms with van der Waals surface area (Å²) in [6.45, 7) is 4.57. The van der Waals surface area contributed by atoms with E-state index in [0.717, 1.165) is 34.2 Å². The molecule has 1 aromatic heterocycles. The predicted molar refractivity (Wildman–Crippen MR) is 150 cm³/mol. The number of likely N-dealkylation sites (tertiary alicyclic amines) is 1. The van der Waals surface area contributed by atoms with Crippen molar-refractivity contribution in [1.82, 2.24) is 9.88 Å². The van der Waals surface area contributed by atoms with Gasteiger partial charge in [0.1, 0.15) is 18.1 Å². The number of pyridine rings is 1. The minimum Gasteiger partial charge on any atom is -0.507 e. The molecule has 2 heterocycles. The first-order valence-corrected chi connectivity index (χ1v) is 13.0. The van der Waals surface area contributed by atoms with Gasteiger partial charge >= 0.3 is 0 Å². The number of benzene rings is 3. The van der Waals surface area contributed by atoms with Gasteiger partial charge in [0.2, 0.25) is 0 Å². The number of aliphatic hydroxyl groups excluding tert-OH is 1. The van der Waals surface area contributed by atoms with E-state index in [1.54, 1.807) is 36.7 Å². The molecule has 1 fully saturated rings. The van der Waals surface area contributed by atoms with E-state index in [0.29, 0.717) is 17.9 Å². The van der Waals surface area contributed by atoms with Gasteiger partial charge in [0.15, 0.2) is 0 Å². The molecule has 0 spiro atoms. The number of aliphatic hydroxyl groups is 1. The molecule has 196 valence electrons. The summed E-state index contributed by atoms with van der Waals surface area (Å²) in [7, 11) is 0. The Hall–Kier alpha value is -4.71. The second-order valence-electron chi connectivity index (χ2n) is 9.64. The highest BCUT2D eigenvalue weighted by Crippen LogP contribution is 2.40. The molecule has 0 aliphatic carbocycles.